The van der Waals surface area contributed by atoms with Crippen molar-refractivity contribution in [1.29, 1.82) is 5.26 Å². The van der Waals surface area contributed by atoms with Gasteiger partial charge in [-0.1, -0.05) is 36.0 Å². The van der Waals surface area contributed by atoms with Crippen molar-refractivity contribution in [2.45, 2.75) is 5.03 Å². The molecule has 0 radical (unpaired) electrons. The van der Waals surface area contributed by atoms with E-state index in [1.54, 1.807) is 25.6 Å². The molecule has 0 bridgehead atoms. The molecule has 0 fully saturated rings. The van der Waals surface area contributed by atoms with Crippen LogP contribution in [0.3, 0.4) is 0 Å². The van der Waals surface area contributed by atoms with E-state index >= 15 is 0 Å². The number of thiazole rings is 1. The fourth-order valence-electron chi connectivity index (χ4n) is 4.66. The Bertz CT molecular complexity index is 1950. The lowest BCUT2D eigenvalue weighted by molar-refractivity contribution is -0.113. The number of para-hydroxylation sites is 1. The summed E-state index contributed by atoms with van der Waals surface area (Å²) in [5, 5.41) is 14.6. The molecule has 1 N–H and O–H groups in total. The smallest absolute Gasteiger partial charge is 0.234 e. The quantitative estimate of drug-likeness (QED) is 0.164. The van der Waals surface area contributed by atoms with Crippen molar-refractivity contribution in [3.8, 4) is 50.5 Å². The number of aromatic nitrogens is 2. The molecule has 0 unspecified atom stereocenters. The van der Waals surface area contributed by atoms with Crippen LogP contribution in [0.4, 0.5) is 5.69 Å². The fraction of sp³-hybridized carbons (Fsp3) is 0.0857. The van der Waals surface area contributed by atoms with Gasteiger partial charge in [-0.3, -0.25) is 4.79 Å². The van der Waals surface area contributed by atoms with Crippen LogP contribution >= 0.6 is 23.1 Å². The maximum Gasteiger partial charge on any atom is 0.234 e. The van der Waals surface area contributed by atoms with E-state index < -0.39 is 0 Å². The van der Waals surface area contributed by atoms with E-state index in [0.29, 0.717) is 22.0 Å². The number of nitriles is 1. The van der Waals surface area contributed by atoms with Gasteiger partial charge in [0.05, 0.1) is 41.4 Å². The molecule has 1 amide bonds. The molecule has 4 aromatic carbocycles. The molecule has 0 saturated carbocycles. The summed E-state index contributed by atoms with van der Waals surface area (Å²) >= 11 is 2.87. The molecule has 0 aliphatic carbocycles. The van der Waals surface area contributed by atoms with Crippen LogP contribution in [0.25, 0.3) is 43.2 Å². The number of pyridine rings is 1. The Morgan fingerprint density at radius 2 is 1.48 bits per heavy atom. The van der Waals surface area contributed by atoms with Gasteiger partial charge in [-0.2, -0.15) is 5.26 Å². The van der Waals surface area contributed by atoms with Crippen molar-refractivity contribution in [3.05, 3.63) is 109 Å². The number of benzene rings is 4. The molecule has 0 spiro atoms. The van der Waals surface area contributed by atoms with Gasteiger partial charge in [-0.05, 0) is 84.4 Å². The fourth-order valence-corrected chi connectivity index (χ4v) is 6.44. The van der Waals surface area contributed by atoms with Crippen LogP contribution in [-0.4, -0.2) is 35.8 Å². The highest BCUT2D eigenvalue weighted by atomic mass is 32.2. The van der Waals surface area contributed by atoms with Crippen LogP contribution < -0.4 is 14.8 Å². The van der Waals surface area contributed by atoms with Gasteiger partial charge < -0.3 is 14.8 Å². The lowest BCUT2D eigenvalue weighted by Crippen LogP contribution is -2.14. The summed E-state index contributed by atoms with van der Waals surface area (Å²) in [5.74, 6) is 1.33. The van der Waals surface area contributed by atoms with Crippen molar-refractivity contribution >= 4 is 44.9 Å². The first-order chi connectivity index (χ1) is 21.5. The number of amides is 1. The van der Waals surface area contributed by atoms with E-state index in [4.69, 9.17) is 19.4 Å². The lowest BCUT2D eigenvalue weighted by Gasteiger charge is -2.13. The number of hydrogen-bond acceptors (Lipinski definition) is 8. The number of nitrogens with one attached hydrogen (secondary N) is 1. The first-order valence-corrected chi connectivity index (χ1v) is 15.5. The van der Waals surface area contributed by atoms with Crippen LogP contribution in [-0.2, 0) is 4.79 Å². The van der Waals surface area contributed by atoms with E-state index in [9.17, 15) is 10.1 Å². The number of hydrogen-bond donors (Lipinski definition) is 1. The Hall–Kier alpha value is -5.17. The first kappa shape index (κ1) is 28.9. The number of anilines is 1. The second-order valence-electron chi connectivity index (χ2n) is 9.70. The number of thioether (sulfide) groups is 1. The van der Waals surface area contributed by atoms with Gasteiger partial charge in [0.2, 0.25) is 5.91 Å². The predicted octanol–water partition coefficient (Wildman–Crippen LogP) is 8.31. The summed E-state index contributed by atoms with van der Waals surface area (Å²) in [6.45, 7) is 0. The standard InChI is InChI=1S/C35H26N4O3S2/c1-41-26-15-9-22(10-16-26)28-19-31(23-11-17-27(42-2)18-12-23)39-35(29(28)20-36)43-21-33(40)37-25-13-7-24(8-14-25)34-38-30-5-3-4-6-32(30)44-34/h3-19H,21H2,1-2H3,(H,37,40). The molecule has 7 nitrogen and oxygen atoms in total. The van der Waals surface area contributed by atoms with Gasteiger partial charge in [0, 0.05) is 22.4 Å². The molecule has 6 aromatic rings. The summed E-state index contributed by atoms with van der Waals surface area (Å²) in [4.78, 5) is 22.6. The number of carbonyl (C=O) groups is 1. The summed E-state index contributed by atoms with van der Waals surface area (Å²) < 4.78 is 11.8. The topological polar surface area (TPSA) is 97.1 Å². The molecule has 2 heterocycles. The molecule has 0 aliphatic rings. The highest BCUT2D eigenvalue weighted by molar-refractivity contribution is 8.00. The molecule has 0 aliphatic heterocycles. The summed E-state index contributed by atoms with van der Waals surface area (Å²) in [6.07, 6.45) is 0. The lowest BCUT2D eigenvalue weighted by atomic mass is 9.99. The largest absolute Gasteiger partial charge is 0.497 e. The van der Waals surface area contributed by atoms with Crippen LogP contribution in [0.15, 0.2) is 108 Å². The minimum Gasteiger partial charge on any atom is -0.497 e. The number of nitrogens with zero attached hydrogens (tertiary/aromatic N) is 3. The van der Waals surface area contributed by atoms with E-state index in [-0.39, 0.29) is 11.7 Å². The van der Waals surface area contributed by atoms with Crippen LogP contribution in [0.2, 0.25) is 0 Å². The van der Waals surface area contributed by atoms with Gasteiger partial charge in [0.15, 0.2) is 0 Å². The minimum absolute atomic E-state index is 0.0788. The zero-order valence-corrected chi connectivity index (χ0v) is 25.5. The Morgan fingerprint density at radius 3 is 2.11 bits per heavy atom. The highest BCUT2D eigenvalue weighted by Crippen LogP contribution is 2.36. The maximum atomic E-state index is 13.0. The molecule has 216 valence electrons. The number of carbonyl (C=O) groups excluding carboxylic acids is 1. The Kier molecular flexibility index (Phi) is 8.55. The summed E-state index contributed by atoms with van der Waals surface area (Å²) in [5.41, 5.74) is 6.17. The molecule has 2 aromatic heterocycles. The molecular formula is C35H26N4O3S2. The molecule has 44 heavy (non-hydrogen) atoms. The Labute approximate surface area is 263 Å². The molecule has 9 heteroatoms. The van der Waals surface area contributed by atoms with E-state index in [2.05, 4.69) is 17.5 Å². The number of fused-ring (bicyclic) bond motifs is 1. The normalized spacial score (nSPS) is 10.8. The number of rotatable bonds is 9. The maximum absolute atomic E-state index is 13.0. The van der Waals surface area contributed by atoms with Gasteiger partial charge >= 0.3 is 0 Å². The zero-order valence-electron chi connectivity index (χ0n) is 23.9. The van der Waals surface area contributed by atoms with Crippen LogP contribution in [0, 0.1) is 11.3 Å². The van der Waals surface area contributed by atoms with Crippen molar-refractivity contribution in [2.24, 2.45) is 0 Å². The number of ether oxygens (including phenoxy) is 2. The minimum atomic E-state index is -0.200. The Morgan fingerprint density at radius 1 is 0.841 bits per heavy atom. The van der Waals surface area contributed by atoms with Crippen molar-refractivity contribution < 1.29 is 14.3 Å². The summed E-state index contributed by atoms with van der Waals surface area (Å²) in [7, 11) is 3.23. The molecule has 0 atom stereocenters. The second-order valence-corrected chi connectivity index (χ2v) is 11.7. The van der Waals surface area contributed by atoms with Gasteiger partial charge in [-0.25, -0.2) is 9.97 Å². The van der Waals surface area contributed by atoms with E-state index in [1.165, 1.54) is 11.8 Å². The summed E-state index contributed by atoms with van der Waals surface area (Å²) in [6, 6.07) is 35.0. The average Bonchev–Trinajstić information content (AvgIpc) is 3.52. The predicted molar refractivity (Wildman–Crippen MR) is 177 cm³/mol. The van der Waals surface area contributed by atoms with Crippen molar-refractivity contribution in [1.82, 2.24) is 9.97 Å². The third kappa shape index (κ3) is 6.27. The zero-order chi connectivity index (χ0) is 30.5. The molecular weight excluding hydrogens is 589 g/mol. The van der Waals surface area contributed by atoms with Crippen molar-refractivity contribution in [3.63, 3.8) is 0 Å². The third-order valence-electron chi connectivity index (χ3n) is 6.93. The first-order valence-electron chi connectivity index (χ1n) is 13.7. The van der Waals surface area contributed by atoms with Crippen LogP contribution in [0.5, 0.6) is 11.5 Å². The molecule has 6 rings (SSSR count). The van der Waals surface area contributed by atoms with Gasteiger partial charge in [0.25, 0.3) is 0 Å². The third-order valence-corrected chi connectivity index (χ3v) is 9.00. The Balaban J connectivity index is 1.23. The van der Waals surface area contributed by atoms with Crippen molar-refractivity contribution in [2.75, 3.05) is 25.3 Å². The van der Waals surface area contributed by atoms with Gasteiger partial charge in [0.1, 0.15) is 27.6 Å². The molecule has 0 saturated heterocycles. The SMILES string of the molecule is COc1ccc(-c2cc(-c3ccc(OC)cc3)c(C#N)c(SCC(=O)Nc3ccc(-c4nc5ccccc5s4)cc3)n2)cc1. The van der Waals surface area contributed by atoms with Gasteiger partial charge in [-0.15, -0.1) is 11.3 Å². The van der Waals surface area contributed by atoms with Crippen LogP contribution in [0.1, 0.15) is 5.56 Å². The second kappa shape index (κ2) is 13.0. The van der Waals surface area contributed by atoms with E-state index in [0.717, 1.165) is 49.0 Å². The highest BCUT2D eigenvalue weighted by Gasteiger charge is 2.18. The van der Waals surface area contributed by atoms with E-state index in [1.807, 2.05) is 97.1 Å². The average molecular weight is 615 g/mol. The monoisotopic (exact) mass is 614 g/mol. The number of methoxy groups -OCH3 is 2.